The van der Waals surface area contributed by atoms with Gasteiger partial charge in [-0.3, -0.25) is 0 Å². The molecule has 9 aromatic rings. The molecule has 9 aromatic carbocycles. The minimum Gasteiger partial charge on any atom is -0.449 e. The third-order valence-corrected chi connectivity index (χ3v) is 12.1. The van der Waals surface area contributed by atoms with Gasteiger partial charge >= 0.3 is 0 Å². The number of ether oxygens (including phenoxy) is 2. The molecule has 0 saturated heterocycles. The molecule has 1 spiro atoms. The van der Waals surface area contributed by atoms with Crippen LogP contribution in [0, 0.1) is 0 Å². The Labute approximate surface area is 337 Å². The Morgan fingerprint density at radius 2 is 0.741 bits per heavy atom. The zero-order valence-electron chi connectivity index (χ0n) is 31.5. The molecule has 0 amide bonds. The maximum atomic E-state index is 6.94. The molecule has 2 aliphatic carbocycles. The highest BCUT2D eigenvalue weighted by Gasteiger charge is 2.52. The van der Waals surface area contributed by atoms with Crippen LogP contribution < -0.4 is 14.4 Å². The van der Waals surface area contributed by atoms with Gasteiger partial charge in [-0.15, -0.1) is 0 Å². The van der Waals surface area contributed by atoms with E-state index in [2.05, 4.69) is 211 Å². The van der Waals surface area contributed by atoms with Gasteiger partial charge in [0.2, 0.25) is 0 Å². The second kappa shape index (κ2) is 12.7. The number of rotatable bonds is 5. The molecular formula is C55H35NO2. The number of benzene rings is 9. The highest BCUT2D eigenvalue weighted by molar-refractivity contribution is 5.96. The van der Waals surface area contributed by atoms with Crippen molar-refractivity contribution in [2.24, 2.45) is 0 Å². The van der Waals surface area contributed by atoms with Crippen molar-refractivity contribution in [3.05, 3.63) is 235 Å². The van der Waals surface area contributed by atoms with Gasteiger partial charge in [-0.05, 0) is 121 Å². The van der Waals surface area contributed by atoms with Gasteiger partial charge in [-0.2, -0.15) is 0 Å². The normalized spacial score (nSPS) is 13.2. The van der Waals surface area contributed by atoms with E-state index in [1.807, 2.05) is 6.07 Å². The first-order valence-corrected chi connectivity index (χ1v) is 19.8. The van der Waals surface area contributed by atoms with Gasteiger partial charge in [0.05, 0.1) is 11.1 Å². The molecule has 0 unspecified atom stereocenters. The Hall–Kier alpha value is -7.62. The lowest BCUT2D eigenvalue weighted by atomic mass is 9.70. The van der Waals surface area contributed by atoms with Crippen LogP contribution in [0.3, 0.4) is 0 Å². The van der Waals surface area contributed by atoms with E-state index in [4.69, 9.17) is 9.47 Å². The van der Waals surface area contributed by atoms with E-state index >= 15 is 0 Å². The maximum absolute atomic E-state index is 6.94. The van der Waals surface area contributed by atoms with Gasteiger partial charge in [0.25, 0.3) is 0 Å². The summed E-state index contributed by atoms with van der Waals surface area (Å²) in [5.74, 6) is 2.79. The summed E-state index contributed by atoms with van der Waals surface area (Å²) in [6.45, 7) is 0. The molecule has 0 saturated carbocycles. The highest BCUT2D eigenvalue weighted by atomic mass is 16.6. The largest absolute Gasteiger partial charge is 0.449 e. The molecule has 0 fully saturated rings. The van der Waals surface area contributed by atoms with Gasteiger partial charge in [-0.1, -0.05) is 152 Å². The fraction of sp³-hybridized carbons (Fsp3) is 0.0182. The lowest BCUT2D eigenvalue weighted by molar-refractivity contribution is 0.359. The van der Waals surface area contributed by atoms with Crippen molar-refractivity contribution >= 4 is 17.1 Å². The SMILES string of the molecule is c1ccc(-c2cccc(-c3cccc(N(c4ccccc4)c4ccc5c(c4)Oc4cc6c(cc4O5)-c4ccccc4C64c5ccccc5-c5ccccc54)c3)c2)cc1. The number of anilines is 3. The van der Waals surface area contributed by atoms with Crippen molar-refractivity contribution in [1.82, 2.24) is 0 Å². The van der Waals surface area contributed by atoms with Gasteiger partial charge in [-0.25, -0.2) is 0 Å². The average molecular weight is 742 g/mol. The van der Waals surface area contributed by atoms with Crippen LogP contribution in [0.25, 0.3) is 44.5 Å². The van der Waals surface area contributed by atoms with Crippen LogP contribution in [0.15, 0.2) is 212 Å². The summed E-state index contributed by atoms with van der Waals surface area (Å²) in [7, 11) is 0. The van der Waals surface area contributed by atoms with E-state index < -0.39 is 5.41 Å². The molecule has 0 atom stereocenters. The summed E-state index contributed by atoms with van der Waals surface area (Å²) < 4.78 is 13.7. The Balaban J connectivity index is 0.962. The molecule has 0 radical (unpaired) electrons. The van der Waals surface area contributed by atoms with E-state index in [1.54, 1.807) is 0 Å². The second-order valence-corrected chi connectivity index (χ2v) is 15.2. The van der Waals surface area contributed by atoms with Crippen LogP contribution in [0.5, 0.6) is 23.0 Å². The summed E-state index contributed by atoms with van der Waals surface area (Å²) in [6, 6.07) is 75.8. The van der Waals surface area contributed by atoms with E-state index in [9.17, 15) is 0 Å². The third kappa shape index (κ3) is 4.80. The van der Waals surface area contributed by atoms with E-state index in [0.29, 0.717) is 17.2 Å². The Morgan fingerprint density at radius 1 is 0.276 bits per heavy atom. The molecule has 1 heterocycles. The predicted octanol–water partition coefficient (Wildman–Crippen LogP) is 14.7. The van der Waals surface area contributed by atoms with Crippen molar-refractivity contribution in [1.29, 1.82) is 0 Å². The smallest absolute Gasteiger partial charge is 0.172 e. The van der Waals surface area contributed by atoms with Gasteiger partial charge in [0, 0.05) is 17.4 Å². The molecule has 1 aliphatic heterocycles. The van der Waals surface area contributed by atoms with Gasteiger partial charge < -0.3 is 14.4 Å². The van der Waals surface area contributed by atoms with Crippen LogP contribution in [-0.2, 0) is 5.41 Å². The zero-order chi connectivity index (χ0) is 38.2. The van der Waals surface area contributed by atoms with Crippen molar-refractivity contribution in [2.75, 3.05) is 4.90 Å². The first-order chi connectivity index (χ1) is 28.7. The zero-order valence-corrected chi connectivity index (χ0v) is 31.5. The number of nitrogens with zero attached hydrogens (tertiary/aromatic N) is 1. The quantitative estimate of drug-likeness (QED) is 0.175. The Kier molecular flexibility index (Phi) is 7.14. The van der Waals surface area contributed by atoms with Crippen molar-refractivity contribution in [2.45, 2.75) is 5.41 Å². The molecule has 3 nitrogen and oxygen atoms in total. The molecule has 58 heavy (non-hydrogen) atoms. The lowest BCUT2D eigenvalue weighted by Gasteiger charge is -2.31. The van der Waals surface area contributed by atoms with Crippen LogP contribution in [0.1, 0.15) is 22.3 Å². The summed E-state index contributed by atoms with van der Waals surface area (Å²) in [4.78, 5) is 2.28. The lowest BCUT2D eigenvalue weighted by Crippen LogP contribution is -2.25. The van der Waals surface area contributed by atoms with Crippen molar-refractivity contribution in [3.63, 3.8) is 0 Å². The predicted molar refractivity (Wildman–Crippen MR) is 235 cm³/mol. The van der Waals surface area contributed by atoms with Gasteiger partial charge in [0.1, 0.15) is 0 Å². The Bertz CT molecular complexity index is 3030. The number of hydrogen-bond acceptors (Lipinski definition) is 3. The molecule has 272 valence electrons. The molecular weight excluding hydrogens is 707 g/mol. The second-order valence-electron chi connectivity index (χ2n) is 15.2. The highest BCUT2D eigenvalue weighted by Crippen LogP contribution is 2.64. The number of fused-ring (bicyclic) bond motifs is 12. The number of para-hydroxylation sites is 1. The first-order valence-electron chi connectivity index (χ1n) is 19.8. The summed E-state index contributed by atoms with van der Waals surface area (Å²) in [6.07, 6.45) is 0. The summed E-state index contributed by atoms with van der Waals surface area (Å²) >= 11 is 0. The minimum absolute atomic E-state index is 0.463. The maximum Gasteiger partial charge on any atom is 0.172 e. The van der Waals surface area contributed by atoms with E-state index in [1.165, 1.54) is 55.6 Å². The topological polar surface area (TPSA) is 21.7 Å². The van der Waals surface area contributed by atoms with Gasteiger partial charge in [0.15, 0.2) is 23.0 Å². The summed E-state index contributed by atoms with van der Waals surface area (Å²) in [5, 5.41) is 0. The fourth-order valence-corrected chi connectivity index (χ4v) is 9.65. The fourth-order valence-electron chi connectivity index (χ4n) is 9.65. The van der Waals surface area contributed by atoms with Crippen molar-refractivity contribution < 1.29 is 9.47 Å². The summed E-state index contributed by atoms with van der Waals surface area (Å²) in [5.41, 5.74) is 17.4. The minimum atomic E-state index is -0.463. The average Bonchev–Trinajstić information content (AvgIpc) is 3.75. The van der Waals surface area contributed by atoms with E-state index in [0.717, 1.165) is 33.9 Å². The van der Waals surface area contributed by atoms with E-state index in [-0.39, 0.29) is 0 Å². The monoisotopic (exact) mass is 741 g/mol. The first kappa shape index (κ1) is 32.6. The van der Waals surface area contributed by atoms with Crippen LogP contribution in [-0.4, -0.2) is 0 Å². The molecule has 3 heteroatoms. The molecule has 0 aromatic heterocycles. The van der Waals surface area contributed by atoms with Crippen LogP contribution in [0.2, 0.25) is 0 Å². The van der Waals surface area contributed by atoms with Crippen LogP contribution >= 0.6 is 0 Å². The molecule has 3 aliphatic rings. The third-order valence-electron chi connectivity index (χ3n) is 12.1. The Morgan fingerprint density at radius 3 is 1.43 bits per heavy atom. The van der Waals surface area contributed by atoms with Crippen molar-refractivity contribution in [3.8, 4) is 67.5 Å². The van der Waals surface area contributed by atoms with Crippen LogP contribution in [0.4, 0.5) is 17.1 Å². The molecule has 0 bridgehead atoms. The standard InChI is InChI=1S/C55H35NO2/c1-3-15-36(16-4-1)37-17-13-18-38(31-37)39-19-14-22-41(32-39)56(40-20-5-2-6-21-40)42-29-30-51-52(33-42)58-54-35-50-46(34-53(54)57-51)45-25-9-12-28-49(45)55(50)47-26-10-7-23-43(47)44-24-8-11-27-48(44)55/h1-35H. The molecule has 12 rings (SSSR count). The molecule has 0 N–H and O–H groups in total. The number of hydrogen-bond donors (Lipinski definition) is 0.